The van der Waals surface area contributed by atoms with Gasteiger partial charge >= 0.3 is 0 Å². The van der Waals surface area contributed by atoms with E-state index in [-0.39, 0.29) is 10.3 Å². The summed E-state index contributed by atoms with van der Waals surface area (Å²) in [6, 6.07) is 0. The van der Waals surface area contributed by atoms with Gasteiger partial charge in [0.15, 0.2) is 9.84 Å². The van der Waals surface area contributed by atoms with Gasteiger partial charge in [0.2, 0.25) is 0 Å². The van der Waals surface area contributed by atoms with Crippen molar-refractivity contribution in [1.82, 2.24) is 4.90 Å². The van der Waals surface area contributed by atoms with E-state index in [2.05, 4.69) is 25.7 Å². The largest absolute Gasteiger partial charge is 0.297 e. The smallest absolute Gasteiger partial charge is 0.157 e. The highest BCUT2D eigenvalue weighted by molar-refractivity contribution is 7.94. The zero-order valence-electron chi connectivity index (χ0n) is 9.91. The maximum atomic E-state index is 11.8. The zero-order valence-corrected chi connectivity index (χ0v) is 10.7. The van der Waals surface area contributed by atoms with Crippen LogP contribution >= 0.6 is 0 Å². The van der Waals surface area contributed by atoms with Gasteiger partial charge in [0, 0.05) is 12.1 Å². The number of rotatable bonds is 0. The molecule has 1 atom stereocenters. The van der Waals surface area contributed by atoms with Crippen LogP contribution in [0.15, 0.2) is 0 Å². The van der Waals surface area contributed by atoms with E-state index in [0.29, 0.717) is 5.75 Å². The molecule has 15 heavy (non-hydrogen) atoms. The molecule has 3 nitrogen and oxygen atoms in total. The standard InChI is InChI=1S/C11H21NO2S/c1-10(2,3)12-7-4-5-11(9-12)6-8-15(11,13)14/h4-9H2,1-3H3/t11-/m1/s1. The summed E-state index contributed by atoms with van der Waals surface area (Å²) in [6.45, 7) is 8.28. The Kier molecular flexibility index (Phi) is 2.43. The second-order valence-corrected chi connectivity index (χ2v) is 8.45. The van der Waals surface area contributed by atoms with Crippen molar-refractivity contribution in [3.63, 3.8) is 0 Å². The minimum absolute atomic E-state index is 0.0958. The van der Waals surface area contributed by atoms with Crippen LogP contribution in [0.3, 0.4) is 0 Å². The highest BCUT2D eigenvalue weighted by Crippen LogP contribution is 2.42. The van der Waals surface area contributed by atoms with Crippen LogP contribution in [0.5, 0.6) is 0 Å². The average molecular weight is 231 g/mol. The molecule has 0 unspecified atom stereocenters. The maximum Gasteiger partial charge on any atom is 0.157 e. The molecule has 2 aliphatic rings. The second-order valence-electron chi connectivity index (χ2n) is 5.95. The average Bonchev–Trinajstić information content (AvgIpc) is 2.15. The minimum Gasteiger partial charge on any atom is -0.297 e. The molecule has 0 aromatic heterocycles. The summed E-state index contributed by atoms with van der Waals surface area (Å²) in [4.78, 5) is 2.33. The Morgan fingerprint density at radius 1 is 1.20 bits per heavy atom. The van der Waals surface area contributed by atoms with Crippen LogP contribution in [0.25, 0.3) is 0 Å². The molecule has 0 aromatic rings. The summed E-state index contributed by atoms with van der Waals surface area (Å²) in [5, 5.41) is 0. The van der Waals surface area contributed by atoms with E-state index in [4.69, 9.17) is 0 Å². The molecule has 0 amide bonds. The number of likely N-dealkylation sites (tertiary alicyclic amines) is 1. The Morgan fingerprint density at radius 2 is 1.87 bits per heavy atom. The molecule has 0 aliphatic carbocycles. The first kappa shape index (κ1) is 11.4. The van der Waals surface area contributed by atoms with E-state index in [1.807, 2.05) is 0 Å². The van der Waals surface area contributed by atoms with Crippen LogP contribution in [-0.2, 0) is 9.84 Å². The molecule has 2 saturated heterocycles. The lowest BCUT2D eigenvalue weighted by atomic mass is 9.90. The van der Waals surface area contributed by atoms with Crippen molar-refractivity contribution in [2.24, 2.45) is 0 Å². The fourth-order valence-electron chi connectivity index (χ4n) is 2.69. The Morgan fingerprint density at radius 3 is 2.27 bits per heavy atom. The van der Waals surface area contributed by atoms with Crippen LogP contribution < -0.4 is 0 Å². The summed E-state index contributed by atoms with van der Waals surface area (Å²) in [7, 11) is -2.78. The van der Waals surface area contributed by atoms with E-state index in [0.717, 1.165) is 32.4 Å². The summed E-state index contributed by atoms with van der Waals surface area (Å²) in [5.74, 6) is 0.408. The molecule has 0 radical (unpaired) electrons. The van der Waals surface area contributed by atoms with Gasteiger partial charge in [-0.15, -0.1) is 0 Å². The van der Waals surface area contributed by atoms with Gasteiger partial charge in [-0.1, -0.05) is 0 Å². The van der Waals surface area contributed by atoms with Gasteiger partial charge in [-0.2, -0.15) is 0 Å². The molecular weight excluding hydrogens is 210 g/mol. The van der Waals surface area contributed by atoms with Crippen molar-refractivity contribution < 1.29 is 8.42 Å². The Hall–Kier alpha value is -0.0900. The molecule has 1 spiro atoms. The molecular formula is C11H21NO2S. The number of sulfone groups is 1. The molecule has 2 heterocycles. The lowest BCUT2D eigenvalue weighted by Crippen LogP contribution is -2.63. The van der Waals surface area contributed by atoms with E-state index < -0.39 is 9.84 Å². The summed E-state index contributed by atoms with van der Waals surface area (Å²) >= 11 is 0. The van der Waals surface area contributed by atoms with E-state index in [9.17, 15) is 8.42 Å². The van der Waals surface area contributed by atoms with Gasteiger partial charge in [-0.3, -0.25) is 4.90 Å². The van der Waals surface area contributed by atoms with E-state index >= 15 is 0 Å². The van der Waals surface area contributed by atoms with Gasteiger partial charge in [0.05, 0.1) is 10.5 Å². The monoisotopic (exact) mass is 231 g/mol. The SMILES string of the molecule is CC(C)(C)N1CCC[C@@]2(CCS2(=O)=O)C1. The van der Waals surface area contributed by atoms with Gasteiger partial charge in [-0.05, 0) is 46.6 Å². The third kappa shape index (κ3) is 1.72. The third-order valence-electron chi connectivity index (χ3n) is 3.97. The van der Waals surface area contributed by atoms with Gasteiger partial charge < -0.3 is 0 Å². The molecule has 0 saturated carbocycles. The van der Waals surface area contributed by atoms with E-state index in [1.165, 1.54) is 0 Å². The first-order valence-electron chi connectivity index (χ1n) is 5.74. The Bertz CT molecular complexity index is 355. The quantitative estimate of drug-likeness (QED) is 0.633. The lowest BCUT2D eigenvalue weighted by molar-refractivity contribution is 0.0817. The van der Waals surface area contributed by atoms with Gasteiger partial charge in [-0.25, -0.2) is 8.42 Å². The van der Waals surface area contributed by atoms with Crippen molar-refractivity contribution in [3.05, 3.63) is 0 Å². The lowest BCUT2D eigenvalue weighted by Gasteiger charge is -2.51. The topological polar surface area (TPSA) is 37.4 Å². The Labute approximate surface area is 92.8 Å². The van der Waals surface area contributed by atoms with Crippen molar-refractivity contribution in [2.75, 3.05) is 18.8 Å². The van der Waals surface area contributed by atoms with Crippen LogP contribution in [0, 0.1) is 0 Å². The maximum absolute atomic E-state index is 11.8. The van der Waals surface area contributed by atoms with Crippen molar-refractivity contribution >= 4 is 9.84 Å². The number of hydrogen-bond acceptors (Lipinski definition) is 3. The minimum atomic E-state index is -2.78. The predicted molar refractivity (Wildman–Crippen MR) is 61.7 cm³/mol. The summed E-state index contributed by atoms with van der Waals surface area (Å²) in [5.41, 5.74) is 0.0958. The number of piperidine rings is 1. The van der Waals surface area contributed by atoms with Crippen LogP contribution in [0.1, 0.15) is 40.0 Å². The third-order valence-corrected chi connectivity index (χ3v) is 6.57. The second kappa shape index (κ2) is 3.20. The molecule has 0 bridgehead atoms. The molecule has 4 heteroatoms. The normalized spacial score (nSPS) is 36.5. The fourth-order valence-corrected chi connectivity index (χ4v) is 4.61. The molecule has 0 aromatic carbocycles. The van der Waals surface area contributed by atoms with Gasteiger partial charge in [0.1, 0.15) is 0 Å². The van der Waals surface area contributed by atoms with Crippen LogP contribution in [0.2, 0.25) is 0 Å². The first-order valence-corrected chi connectivity index (χ1v) is 7.40. The summed E-state index contributed by atoms with van der Waals surface area (Å²) < 4.78 is 23.3. The Balaban J connectivity index is 2.19. The zero-order chi connectivity index (χ0) is 11.3. The molecule has 88 valence electrons. The number of nitrogens with zero attached hydrogens (tertiary/aromatic N) is 1. The highest BCUT2D eigenvalue weighted by Gasteiger charge is 2.54. The predicted octanol–water partition coefficient (Wildman–Crippen LogP) is 1.44. The van der Waals surface area contributed by atoms with Crippen molar-refractivity contribution in [2.45, 2.75) is 50.3 Å². The fraction of sp³-hybridized carbons (Fsp3) is 1.00. The van der Waals surface area contributed by atoms with Crippen molar-refractivity contribution in [1.29, 1.82) is 0 Å². The van der Waals surface area contributed by atoms with Crippen LogP contribution in [0.4, 0.5) is 0 Å². The van der Waals surface area contributed by atoms with Crippen LogP contribution in [-0.4, -0.2) is 42.4 Å². The molecule has 2 aliphatic heterocycles. The first-order chi connectivity index (χ1) is 6.77. The number of hydrogen-bond donors (Lipinski definition) is 0. The molecule has 0 N–H and O–H groups in total. The van der Waals surface area contributed by atoms with E-state index in [1.54, 1.807) is 0 Å². The summed E-state index contributed by atoms with van der Waals surface area (Å²) in [6.07, 6.45) is 2.78. The molecule has 2 fully saturated rings. The molecule has 2 rings (SSSR count). The highest BCUT2D eigenvalue weighted by atomic mass is 32.2. The van der Waals surface area contributed by atoms with Gasteiger partial charge in [0.25, 0.3) is 0 Å². The van der Waals surface area contributed by atoms with Crippen molar-refractivity contribution in [3.8, 4) is 0 Å².